The van der Waals surface area contributed by atoms with Gasteiger partial charge < -0.3 is 14.8 Å². The summed E-state index contributed by atoms with van der Waals surface area (Å²) in [6, 6.07) is 19.4. The van der Waals surface area contributed by atoms with Crippen LogP contribution in [0, 0.1) is 6.92 Å². The van der Waals surface area contributed by atoms with Gasteiger partial charge in [0.15, 0.2) is 11.6 Å². The van der Waals surface area contributed by atoms with Crippen molar-refractivity contribution in [3.05, 3.63) is 77.6 Å². The van der Waals surface area contributed by atoms with Crippen LogP contribution in [-0.2, 0) is 6.54 Å². The summed E-state index contributed by atoms with van der Waals surface area (Å²) in [5, 5.41) is 16.3. The first-order chi connectivity index (χ1) is 16.7. The average Bonchev–Trinajstić information content (AvgIpc) is 3.42. The van der Waals surface area contributed by atoms with E-state index in [2.05, 4.69) is 103 Å². The van der Waals surface area contributed by atoms with Crippen molar-refractivity contribution in [2.75, 3.05) is 20.1 Å². The number of aromatic nitrogens is 5. The Bertz CT molecular complexity index is 1330. The SMILES string of the molecule is Cc1nnc2n1C=C(c1nc3ccccc3n1Cc1ccccc1)N(C)C2NC1CCNCC1. The number of piperidine rings is 1. The van der Waals surface area contributed by atoms with Gasteiger partial charge in [-0.15, -0.1) is 10.2 Å². The van der Waals surface area contributed by atoms with Crippen molar-refractivity contribution in [3.8, 4) is 0 Å². The van der Waals surface area contributed by atoms with Crippen LogP contribution in [0.1, 0.15) is 42.0 Å². The second-order valence-electron chi connectivity index (χ2n) is 9.19. The van der Waals surface area contributed by atoms with E-state index in [1.165, 1.54) is 5.56 Å². The fourth-order valence-electron chi connectivity index (χ4n) is 5.07. The molecule has 1 atom stereocenters. The number of nitrogens with one attached hydrogen (secondary N) is 2. The summed E-state index contributed by atoms with van der Waals surface area (Å²) in [4.78, 5) is 7.38. The Morgan fingerprint density at radius 2 is 1.76 bits per heavy atom. The second-order valence-corrected chi connectivity index (χ2v) is 9.19. The van der Waals surface area contributed by atoms with E-state index < -0.39 is 0 Å². The first kappa shape index (κ1) is 21.1. The molecule has 0 bridgehead atoms. The lowest BCUT2D eigenvalue weighted by Gasteiger charge is -2.38. The van der Waals surface area contributed by atoms with Crippen LogP contribution in [0.5, 0.6) is 0 Å². The van der Waals surface area contributed by atoms with Gasteiger partial charge in [0, 0.05) is 25.8 Å². The summed E-state index contributed by atoms with van der Waals surface area (Å²) in [5.74, 6) is 2.75. The molecule has 0 radical (unpaired) electrons. The molecule has 34 heavy (non-hydrogen) atoms. The highest BCUT2D eigenvalue weighted by molar-refractivity contribution is 5.82. The predicted octanol–water partition coefficient (Wildman–Crippen LogP) is 3.23. The lowest BCUT2D eigenvalue weighted by molar-refractivity contribution is 0.225. The molecule has 1 fully saturated rings. The monoisotopic (exact) mass is 454 g/mol. The van der Waals surface area contributed by atoms with E-state index in [1.54, 1.807) is 0 Å². The lowest BCUT2D eigenvalue weighted by atomic mass is 10.1. The summed E-state index contributed by atoms with van der Waals surface area (Å²) < 4.78 is 4.43. The number of rotatable bonds is 5. The molecule has 174 valence electrons. The Labute approximate surface area is 199 Å². The predicted molar refractivity (Wildman–Crippen MR) is 134 cm³/mol. The molecular weight excluding hydrogens is 424 g/mol. The van der Waals surface area contributed by atoms with Gasteiger partial charge in [0.2, 0.25) is 0 Å². The van der Waals surface area contributed by atoms with Crippen molar-refractivity contribution in [2.24, 2.45) is 0 Å². The van der Waals surface area contributed by atoms with Gasteiger partial charge in [0.1, 0.15) is 12.0 Å². The Hall–Kier alpha value is -3.49. The average molecular weight is 455 g/mol. The van der Waals surface area contributed by atoms with E-state index in [0.717, 1.165) is 66.7 Å². The minimum Gasteiger partial charge on any atom is -0.348 e. The van der Waals surface area contributed by atoms with Gasteiger partial charge in [-0.2, -0.15) is 0 Å². The van der Waals surface area contributed by atoms with Crippen LogP contribution in [0.2, 0.25) is 0 Å². The van der Waals surface area contributed by atoms with Gasteiger partial charge in [-0.05, 0) is 50.6 Å². The molecule has 4 heterocycles. The standard InChI is InChI=1S/C26H30N8/c1-18-30-31-26-25(28-20-12-14-27-15-13-20)32(2)23(17-33(18)26)24-29-21-10-6-7-11-22(21)34(24)16-19-8-4-3-5-9-19/h3-11,17,20,25,27-28H,12-16H2,1-2H3. The fourth-order valence-corrected chi connectivity index (χ4v) is 5.07. The molecule has 8 heteroatoms. The number of nitrogens with zero attached hydrogens (tertiary/aromatic N) is 6. The third-order valence-corrected chi connectivity index (χ3v) is 6.96. The minimum atomic E-state index is -0.0747. The summed E-state index contributed by atoms with van der Waals surface area (Å²) in [5.41, 5.74) is 4.42. The maximum absolute atomic E-state index is 5.11. The highest BCUT2D eigenvalue weighted by atomic mass is 15.4. The molecule has 0 spiro atoms. The van der Waals surface area contributed by atoms with Crippen LogP contribution >= 0.6 is 0 Å². The summed E-state index contributed by atoms with van der Waals surface area (Å²) in [7, 11) is 2.13. The van der Waals surface area contributed by atoms with Crippen LogP contribution in [0.3, 0.4) is 0 Å². The van der Waals surface area contributed by atoms with E-state index in [9.17, 15) is 0 Å². The number of fused-ring (bicyclic) bond motifs is 2. The lowest BCUT2D eigenvalue weighted by Crippen LogP contribution is -2.47. The fraction of sp³-hybridized carbons (Fsp3) is 0.346. The van der Waals surface area contributed by atoms with Gasteiger partial charge in [0.05, 0.1) is 16.7 Å². The second kappa shape index (κ2) is 8.70. The summed E-state index contributed by atoms with van der Waals surface area (Å²) in [6.07, 6.45) is 4.26. The molecule has 0 amide bonds. The van der Waals surface area contributed by atoms with Gasteiger partial charge in [-0.3, -0.25) is 9.88 Å². The third kappa shape index (κ3) is 3.69. The van der Waals surface area contributed by atoms with E-state index in [1.807, 2.05) is 6.92 Å². The molecule has 2 aliphatic heterocycles. The number of aryl methyl sites for hydroxylation is 1. The highest BCUT2D eigenvalue weighted by Gasteiger charge is 2.34. The zero-order valence-corrected chi connectivity index (χ0v) is 19.6. The number of imidazole rings is 1. The smallest absolute Gasteiger partial charge is 0.175 e. The quantitative estimate of drug-likeness (QED) is 0.482. The van der Waals surface area contributed by atoms with Crippen molar-refractivity contribution >= 4 is 22.9 Å². The zero-order valence-electron chi connectivity index (χ0n) is 19.6. The van der Waals surface area contributed by atoms with Gasteiger partial charge in [-0.1, -0.05) is 42.5 Å². The largest absolute Gasteiger partial charge is 0.348 e. The first-order valence-corrected chi connectivity index (χ1v) is 12.0. The van der Waals surface area contributed by atoms with E-state index >= 15 is 0 Å². The van der Waals surface area contributed by atoms with Crippen LogP contribution < -0.4 is 10.6 Å². The summed E-state index contributed by atoms with van der Waals surface area (Å²) >= 11 is 0. The molecular formula is C26H30N8. The normalized spacial score (nSPS) is 18.8. The van der Waals surface area contributed by atoms with Gasteiger partial charge in [-0.25, -0.2) is 4.98 Å². The van der Waals surface area contributed by atoms with Gasteiger partial charge >= 0.3 is 0 Å². The Morgan fingerprint density at radius 1 is 1.00 bits per heavy atom. The van der Waals surface area contributed by atoms with Crippen LogP contribution in [0.25, 0.3) is 22.9 Å². The highest BCUT2D eigenvalue weighted by Crippen LogP contribution is 2.34. The Balaban J connectivity index is 1.46. The van der Waals surface area contributed by atoms with E-state index in [-0.39, 0.29) is 6.17 Å². The number of para-hydroxylation sites is 2. The molecule has 1 unspecified atom stereocenters. The first-order valence-electron chi connectivity index (χ1n) is 12.0. The van der Waals surface area contributed by atoms with Crippen molar-refractivity contribution < 1.29 is 0 Å². The molecule has 0 saturated carbocycles. The number of hydrogen-bond donors (Lipinski definition) is 2. The molecule has 6 rings (SSSR count). The molecule has 2 aromatic heterocycles. The number of hydrogen-bond acceptors (Lipinski definition) is 6. The maximum Gasteiger partial charge on any atom is 0.175 e. The maximum atomic E-state index is 5.11. The molecule has 2 aromatic carbocycles. The van der Waals surface area contributed by atoms with Crippen LogP contribution in [0.4, 0.5) is 0 Å². The van der Waals surface area contributed by atoms with Crippen molar-refractivity contribution in [1.82, 2.24) is 39.8 Å². The topological polar surface area (TPSA) is 75.8 Å². The van der Waals surface area contributed by atoms with Crippen molar-refractivity contribution in [3.63, 3.8) is 0 Å². The van der Waals surface area contributed by atoms with E-state index in [4.69, 9.17) is 4.98 Å². The molecule has 2 N–H and O–H groups in total. The Kier molecular flexibility index (Phi) is 5.39. The number of benzene rings is 2. The van der Waals surface area contributed by atoms with Crippen molar-refractivity contribution in [2.45, 2.75) is 38.5 Å². The van der Waals surface area contributed by atoms with Crippen LogP contribution in [0.15, 0.2) is 54.6 Å². The minimum absolute atomic E-state index is 0.0747. The van der Waals surface area contributed by atoms with Crippen molar-refractivity contribution in [1.29, 1.82) is 0 Å². The molecule has 1 saturated heterocycles. The van der Waals surface area contributed by atoms with Crippen LogP contribution in [-0.4, -0.2) is 55.4 Å². The third-order valence-electron chi connectivity index (χ3n) is 6.96. The molecule has 2 aliphatic rings. The molecule has 0 aliphatic carbocycles. The van der Waals surface area contributed by atoms with E-state index in [0.29, 0.717) is 6.04 Å². The molecule has 8 nitrogen and oxygen atoms in total. The Morgan fingerprint density at radius 3 is 2.59 bits per heavy atom. The summed E-state index contributed by atoms with van der Waals surface area (Å²) in [6.45, 7) is 4.83. The van der Waals surface area contributed by atoms with Gasteiger partial charge in [0.25, 0.3) is 0 Å². The zero-order chi connectivity index (χ0) is 23.1. The molecule has 4 aromatic rings.